The van der Waals surface area contributed by atoms with E-state index >= 15 is 0 Å². The average Bonchev–Trinajstić information content (AvgIpc) is 2.75. The van der Waals surface area contributed by atoms with Gasteiger partial charge in [0.05, 0.1) is 36.6 Å². The second kappa shape index (κ2) is 8.26. The number of phenols is 1. The summed E-state index contributed by atoms with van der Waals surface area (Å²) in [6.45, 7) is 10.8. The number of aryl methyl sites for hydroxylation is 2. The first-order chi connectivity index (χ1) is 14.7. The SMILES string of the molecule is Cc1cc(C)c(C)c(S(=O)(=O)N2CC[NH+](Cc3c(O)ccc4ccccc34)CC2)c1C. The van der Waals surface area contributed by atoms with E-state index in [1.54, 1.807) is 10.4 Å². The molecule has 2 N–H and O–H groups in total. The first-order valence-electron chi connectivity index (χ1n) is 10.8. The van der Waals surface area contributed by atoms with Crippen molar-refractivity contribution in [2.24, 2.45) is 0 Å². The predicted molar refractivity (Wildman–Crippen MR) is 124 cm³/mol. The van der Waals surface area contributed by atoms with Crippen molar-refractivity contribution in [3.8, 4) is 5.75 Å². The molecule has 0 bridgehead atoms. The van der Waals surface area contributed by atoms with E-state index in [1.165, 1.54) is 4.90 Å². The fraction of sp³-hybridized carbons (Fsp3) is 0.360. The molecule has 3 aromatic carbocycles. The molecular weight excluding hydrogens is 408 g/mol. The number of nitrogens with zero attached hydrogens (tertiary/aromatic N) is 1. The molecule has 1 heterocycles. The average molecular weight is 440 g/mol. The highest BCUT2D eigenvalue weighted by molar-refractivity contribution is 7.89. The maximum absolute atomic E-state index is 13.5. The molecule has 1 saturated heterocycles. The van der Waals surface area contributed by atoms with Crippen LogP contribution >= 0.6 is 0 Å². The zero-order valence-electron chi connectivity index (χ0n) is 18.7. The first kappa shape index (κ1) is 21.8. The minimum Gasteiger partial charge on any atom is -0.507 e. The Morgan fingerprint density at radius 2 is 1.55 bits per heavy atom. The van der Waals surface area contributed by atoms with Crippen molar-refractivity contribution in [3.05, 3.63) is 70.3 Å². The lowest BCUT2D eigenvalue weighted by Gasteiger charge is -2.32. The summed E-state index contributed by atoms with van der Waals surface area (Å²) < 4.78 is 28.6. The maximum Gasteiger partial charge on any atom is 0.244 e. The van der Waals surface area contributed by atoms with Gasteiger partial charge in [-0.25, -0.2) is 8.42 Å². The van der Waals surface area contributed by atoms with Crippen LogP contribution in [-0.4, -0.2) is 44.0 Å². The summed E-state index contributed by atoms with van der Waals surface area (Å²) in [6.07, 6.45) is 0. The van der Waals surface area contributed by atoms with Crippen molar-refractivity contribution in [2.45, 2.75) is 39.1 Å². The number of piperazine rings is 1. The second-order valence-electron chi connectivity index (χ2n) is 8.70. The van der Waals surface area contributed by atoms with E-state index in [0.29, 0.717) is 43.4 Å². The number of hydrogen-bond donors (Lipinski definition) is 2. The van der Waals surface area contributed by atoms with Gasteiger partial charge in [0.1, 0.15) is 12.3 Å². The van der Waals surface area contributed by atoms with Crippen LogP contribution in [0.2, 0.25) is 0 Å². The molecule has 1 fully saturated rings. The van der Waals surface area contributed by atoms with Crippen LogP contribution in [0.5, 0.6) is 5.75 Å². The molecule has 0 aromatic heterocycles. The summed E-state index contributed by atoms with van der Waals surface area (Å²) in [4.78, 5) is 1.76. The van der Waals surface area contributed by atoms with Gasteiger partial charge in [-0.05, 0) is 66.8 Å². The molecule has 1 aliphatic rings. The summed E-state index contributed by atoms with van der Waals surface area (Å²) in [6, 6.07) is 13.8. The quantitative estimate of drug-likeness (QED) is 0.657. The fourth-order valence-corrected chi connectivity index (χ4v) is 6.69. The lowest BCUT2D eigenvalue weighted by molar-refractivity contribution is -0.917. The summed E-state index contributed by atoms with van der Waals surface area (Å²) in [5.41, 5.74) is 4.65. The number of nitrogens with one attached hydrogen (secondary N) is 1. The molecule has 0 spiro atoms. The van der Waals surface area contributed by atoms with Gasteiger partial charge in [0.15, 0.2) is 0 Å². The summed E-state index contributed by atoms with van der Waals surface area (Å²) in [5, 5.41) is 12.6. The Balaban J connectivity index is 1.54. The predicted octanol–water partition coefficient (Wildman–Crippen LogP) is 2.87. The Morgan fingerprint density at radius 3 is 2.19 bits per heavy atom. The molecule has 0 unspecified atom stereocenters. The van der Waals surface area contributed by atoms with Gasteiger partial charge in [-0.15, -0.1) is 0 Å². The molecule has 0 aliphatic carbocycles. The van der Waals surface area contributed by atoms with E-state index in [9.17, 15) is 13.5 Å². The lowest BCUT2D eigenvalue weighted by atomic mass is 10.0. The van der Waals surface area contributed by atoms with Crippen molar-refractivity contribution in [3.63, 3.8) is 0 Å². The summed E-state index contributed by atoms with van der Waals surface area (Å²) in [5.74, 6) is 0.308. The maximum atomic E-state index is 13.5. The standard InChI is InChI=1S/C25H30N2O3S/c1-17-15-18(2)20(4)25(19(17)3)31(29,30)27-13-11-26(12-14-27)16-23-22-8-6-5-7-21(22)9-10-24(23)28/h5-10,15,28H,11-14,16H2,1-4H3/p+1. The van der Waals surface area contributed by atoms with E-state index in [4.69, 9.17) is 0 Å². The van der Waals surface area contributed by atoms with Gasteiger partial charge in [-0.3, -0.25) is 0 Å². The topological polar surface area (TPSA) is 62.0 Å². The van der Waals surface area contributed by atoms with Gasteiger partial charge in [0.25, 0.3) is 0 Å². The molecular formula is C25H31N2O3S+. The molecule has 31 heavy (non-hydrogen) atoms. The molecule has 0 atom stereocenters. The van der Waals surface area contributed by atoms with Crippen molar-refractivity contribution in [1.82, 2.24) is 4.31 Å². The number of quaternary nitrogens is 1. The Morgan fingerprint density at radius 1 is 0.935 bits per heavy atom. The van der Waals surface area contributed by atoms with Gasteiger partial charge in [0.2, 0.25) is 10.0 Å². The molecule has 3 aromatic rings. The Labute approximate surface area is 185 Å². The van der Waals surface area contributed by atoms with Crippen molar-refractivity contribution in [1.29, 1.82) is 0 Å². The third-order valence-electron chi connectivity index (χ3n) is 6.77. The summed E-state index contributed by atoms with van der Waals surface area (Å²) in [7, 11) is -3.54. The van der Waals surface area contributed by atoms with Crippen LogP contribution in [0.3, 0.4) is 0 Å². The minimum absolute atomic E-state index is 0.308. The zero-order valence-corrected chi connectivity index (χ0v) is 19.5. The molecule has 6 heteroatoms. The normalized spacial score (nSPS) is 16.1. The van der Waals surface area contributed by atoms with Crippen molar-refractivity contribution < 1.29 is 18.4 Å². The van der Waals surface area contributed by atoms with Crippen LogP contribution in [0.1, 0.15) is 27.8 Å². The molecule has 0 saturated carbocycles. The van der Waals surface area contributed by atoms with Crippen LogP contribution in [0, 0.1) is 27.7 Å². The van der Waals surface area contributed by atoms with Crippen LogP contribution in [0.15, 0.2) is 47.4 Å². The fourth-order valence-electron chi connectivity index (χ4n) is 4.68. The lowest BCUT2D eigenvalue weighted by Crippen LogP contribution is -3.13. The Kier molecular flexibility index (Phi) is 5.81. The number of sulfonamides is 1. The van der Waals surface area contributed by atoms with Crippen LogP contribution < -0.4 is 4.90 Å². The number of hydrogen-bond acceptors (Lipinski definition) is 3. The van der Waals surface area contributed by atoms with Crippen LogP contribution in [-0.2, 0) is 16.6 Å². The molecule has 4 rings (SSSR count). The number of phenolic OH excluding ortho intramolecular Hbond substituents is 1. The highest BCUT2D eigenvalue weighted by Gasteiger charge is 2.33. The highest BCUT2D eigenvalue weighted by atomic mass is 32.2. The van der Waals surface area contributed by atoms with Gasteiger partial charge in [0, 0.05) is 0 Å². The summed E-state index contributed by atoms with van der Waals surface area (Å²) >= 11 is 0. The smallest absolute Gasteiger partial charge is 0.244 e. The molecule has 5 nitrogen and oxygen atoms in total. The largest absolute Gasteiger partial charge is 0.507 e. The Hall–Kier alpha value is -2.41. The molecule has 0 amide bonds. The van der Waals surface area contributed by atoms with E-state index in [-0.39, 0.29) is 0 Å². The highest BCUT2D eigenvalue weighted by Crippen LogP contribution is 2.29. The van der Waals surface area contributed by atoms with E-state index in [0.717, 1.165) is 38.6 Å². The number of rotatable bonds is 4. The van der Waals surface area contributed by atoms with Crippen molar-refractivity contribution >= 4 is 20.8 Å². The zero-order chi connectivity index (χ0) is 22.3. The first-order valence-corrected chi connectivity index (χ1v) is 12.2. The monoisotopic (exact) mass is 439 g/mol. The van der Waals surface area contributed by atoms with Gasteiger partial charge >= 0.3 is 0 Å². The van der Waals surface area contributed by atoms with E-state index < -0.39 is 10.0 Å². The van der Waals surface area contributed by atoms with E-state index in [2.05, 4.69) is 6.07 Å². The second-order valence-corrected chi connectivity index (χ2v) is 10.6. The van der Waals surface area contributed by atoms with Crippen LogP contribution in [0.4, 0.5) is 0 Å². The number of aromatic hydroxyl groups is 1. The molecule has 164 valence electrons. The molecule has 0 radical (unpaired) electrons. The number of fused-ring (bicyclic) bond motifs is 1. The van der Waals surface area contributed by atoms with Crippen LogP contribution in [0.25, 0.3) is 10.8 Å². The minimum atomic E-state index is -3.54. The van der Waals surface area contributed by atoms with Gasteiger partial charge < -0.3 is 10.0 Å². The Bertz CT molecular complexity index is 1220. The molecule has 1 aliphatic heterocycles. The van der Waals surface area contributed by atoms with E-state index in [1.807, 2.05) is 58.0 Å². The third kappa shape index (κ3) is 3.95. The third-order valence-corrected chi connectivity index (χ3v) is 8.94. The van der Waals surface area contributed by atoms with Gasteiger partial charge in [-0.2, -0.15) is 4.31 Å². The number of benzene rings is 3. The van der Waals surface area contributed by atoms with Crippen molar-refractivity contribution in [2.75, 3.05) is 26.2 Å². The van der Waals surface area contributed by atoms with Gasteiger partial charge in [-0.1, -0.05) is 36.4 Å².